The molecule has 1 aromatic heterocycles. The number of aliphatic hydroxyl groups is 3. The summed E-state index contributed by atoms with van der Waals surface area (Å²) >= 11 is 0. The highest BCUT2D eigenvalue weighted by atomic mass is 16.6. The summed E-state index contributed by atoms with van der Waals surface area (Å²) in [5, 5.41) is 28.5. The van der Waals surface area contributed by atoms with E-state index in [1.807, 2.05) is 4.98 Å². The molecule has 0 saturated carbocycles. The maximum Gasteiger partial charge on any atom is 0.330 e. The molecule has 0 spiro atoms. The van der Waals surface area contributed by atoms with Gasteiger partial charge in [0.15, 0.2) is 6.23 Å². The van der Waals surface area contributed by atoms with E-state index in [1.165, 1.54) is 0 Å². The third kappa shape index (κ3) is 2.23. The van der Waals surface area contributed by atoms with Crippen LogP contribution in [0.5, 0.6) is 0 Å². The molecule has 1 fully saturated rings. The number of hydrogen-bond donors (Lipinski definition) is 4. The van der Waals surface area contributed by atoms with Crippen LogP contribution in [0.15, 0.2) is 21.9 Å². The largest absolute Gasteiger partial charge is 0.396 e. The number of rotatable bonds is 3. The molecular formula is C10H14N2O6. The fraction of sp³-hybridized carbons (Fsp3) is 0.600. The number of nitrogens with one attached hydrogen (secondary N) is 1. The van der Waals surface area contributed by atoms with Gasteiger partial charge in [0.1, 0.15) is 12.2 Å². The fourth-order valence-corrected chi connectivity index (χ4v) is 1.83. The van der Waals surface area contributed by atoms with Crippen molar-refractivity contribution in [3.63, 3.8) is 0 Å². The van der Waals surface area contributed by atoms with E-state index in [-0.39, 0.29) is 13.0 Å². The predicted molar refractivity (Wildman–Crippen MR) is 58.9 cm³/mol. The van der Waals surface area contributed by atoms with Gasteiger partial charge in [0, 0.05) is 18.9 Å². The van der Waals surface area contributed by atoms with Gasteiger partial charge in [-0.25, -0.2) is 4.79 Å². The van der Waals surface area contributed by atoms with Gasteiger partial charge in [-0.05, 0) is 6.42 Å². The van der Waals surface area contributed by atoms with Crippen molar-refractivity contribution in [2.24, 2.45) is 0 Å². The molecule has 1 aliphatic heterocycles. The first kappa shape index (κ1) is 11.6. The van der Waals surface area contributed by atoms with Crippen LogP contribution in [0.1, 0.15) is 14.0 Å². The molecule has 4 atom stereocenters. The van der Waals surface area contributed by atoms with Crippen LogP contribution in [0.25, 0.3) is 0 Å². The molecule has 4 N–H and O–H groups in total. The molecule has 2 rings (SSSR count). The van der Waals surface area contributed by atoms with Gasteiger partial charge in [-0.3, -0.25) is 14.3 Å². The fourth-order valence-electron chi connectivity index (χ4n) is 1.83. The number of aromatic amines is 1. The second kappa shape index (κ2) is 5.02. The number of aliphatic hydroxyl groups excluding tert-OH is 2. The highest BCUT2D eigenvalue weighted by Crippen LogP contribution is 2.29. The van der Waals surface area contributed by atoms with E-state index in [2.05, 4.69) is 0 Å². The van der Waals surface area contributed by atoms with E-state index in [0.29, 0.717) is 0 Å². The zero-order valence-electron chi connectivity index (χ0n) is 10.3. The Bertz CT molecular complexity index is 568. The molecule has 1 saturated heterocycles. The van der Waals surface area contributed by atoms with Gasteiger partial charge in [-0.2, -0.15) is 0 Å². The minimum Gasteiger partial charge on any atom is -0.396 e. The van der Waals surface area contributed by atoms with Crippen molar-refractivity contribution in [1.29, 1.82) is 0 Å². The highest BCUT2D eigenvalue weighted by molar-refractivity contribution is 4.92. The van der Waals surface area contributed by atoms with Crippen LogP contribution in [0.4, 0.5) is 0 Å². The molecule has 18 heavy (non-hydrogen) atoms. The first-order valence-corrected chi connectivity index (χ1v) is 5.36. The second-order valence-corrected chi connectivity index (χ2v) is 3.91. The average molecular weight is 259 g/mol. The molecule has 1 aliphatic rings. The van der Waals surface area contributed by atoms with E-state index < -0.39 is 35.8 Å². The Morgan fingerprint density at radius 1 is 1.50 bits per heavy atom. The van der Waals surface area contributed by atoms with E-state index in [4.69, 9.17) is 11.2 Å². The van der Waals surface area contributed by atoms with Crippen molar-refractivity contribution in [3.05, 3.63) is 33.1 Å². The number of ether oxygens (including phenoxy) is 1. The number of nitrogens with zero attached hydrogens (tertiary/aromatic N) is 1. The zero-order chi connectivity index (χ0) is 14.2. The van der Waals surface area contributed by atoms with E-state index in [0.717, 1.165) is 16.8 Å². The Hall–Kier alpha value is -1.48. The normalized spacial score (nSPS) is 36.6. The molecule has 0 amide bonds. The topological polar surface area (TPSA) is 125 Å². The Morgan fingerprint density at radius 3 is 2.83 bits per heavy atom. The lowest BCUT2D eigenvalue weighted by Gasteiger charge is -2.16. The average Bonchev–Trinajstić information content (AvgIpc) is 2.54. The van der Waals surface area contributed by atoms with Crippen LogP contribution in [-0.4, -0.2) is 49.8 Å². The second-order valence-electron chi connectivity index (χ2n) is 3.91. The molecule has 0 aromatic carbocycles. The van der Waals surface area contributed by atoms with E-state index >= 15 is 0 Å². The van der Waals surface area contributed by atoms with E-state index in [9.17, 15) is 19.8 Å². The molecule has 0 unspecified atom stereocenters. The summed E-state index contributed by atoms with van der Waals surface area (Å²) in [7, 11) is 0. The smallest absolute Gasteiger partial charge is 0.330 e. The maximum atomic E-state index is 11.6. The quantitative estimate of drug-likeness (QED) is 0.477. The SMILES string of the molecule is [2H][C@]1(O)[C@@H](CCO)O[C@@H](n2ccc(=O)[nH]c2=O)[C@@H]1O. The van der Waals surface area contributed by atoms with Crippen LogP contribution in [-0.2, 0) is 4.74 Å². The summed E-state index contributed by atoms with van der Waals surface area (Å²) in [4.78, 5) is 24.5. The maximum absolute atomic E-state index is 11.6. The first-order chi connectivity index (χ1) is 8.87. The summed E-state index contributed by atoms with van der Waals surface area (Å²) in [5.41, 5.74) is -1.43. The summed E-state index contributed by atoms with van der Waals surface area (Å²) in [6.45, 7) is -0.341. The minimum absolute atomic E-state index is 0.0638. The number of hydrogen-bond acceptors (Lipinski definition) is 6. The summed E-state index contributed by atoms with van der Waals surface area (Å²) < 4.78 is 13.7. The van der Waals surface area contributed by atoms with Crippen molar-refractivity contribution in [2.45, 2.75) is 30.9 Å². The Labute approximate surface area is 102 Å². The summed E-state index contributed by atoms with van der Waals surface area (Å²) in [6.07, 6.45) is -5.44. The van der Waals surface area contributed by atoms with Crippen LogP contribution in [0.3, 0.4) is 0 Å². The molecule has 0 bridgehead atoms. The highest BCUT2D eigenvalue weighted by Gasteiger charge is 2.43. The summed E-state index contributed by atoms with van der Waals surface area (Å²) in [5.74, 6) is 0. The van der Waals surface area contributed by atoms with Crippen molar-refractivity contribution in [3.8, 4) is 0 Å². The predicted octanol–water partition coefficient (Wildman–Crippen LogP) is -2.46. The zero-order valence-corrected chi connectivity index (χ0v) is 9.31. The van der Waals surface area contributed by atoms with Gasteiger partial charge in [0.05, 0.1) is 7.47 Å². The van der Waals surface area contributed by atoms with E-state index in [1.54, 1.807) is 0 Å². The molecule has 2 heterocycles. The van der Waals surface area contributed by atoms with Gasteiger partial charge in [0.25, 0.3) is 5.56 Å². The molecule has 1 aromatic rings. The van der Waals surface area contributed by atoms with Crippen LogP contribution >= 0.6 is 0 Å². The minimum atomic E-state index is -2.34. The third-order valence-corrected chi connectivity index (χ3v) is 2.72. The van der Waals surface area contributed by atoms with Gasteiger partial charge in [-0.15, -0.1) is 0 Å². The van der Waals surface area contributed by atoms with Gasteiger partial charge >= 0.3 is 5.69 Å². The number of aromatic nitrogens is 2. The lowest BCUT2D eigenvalue weighted by Crippen LogP contribution is -2.37. The Balaban J connectivity index is 2.36. The monoisotopic (exact) mass is 259 g/mol. The van der Waals surface area contributed by atoms with Gasteiger partial charge in [-0.1, -0.05) is 0 Å². The summed E-state index contributed by atoms with van der Waals surface area (Å²) in [6, 6.07) is 1.06. The first-order valence-electron chi connectivity index (χ1n) is 5.86. The van der Waals surface area contributed by atoms with Crippen molar-refractivity contribution in [2.75, 3.05) is 6.61 Å². The molecule has 8 nitrogen and oxygen atoms in total. The van der Waals surface area contributed by atoms with Gasteiger partial charge < -0.3 is 20.1 Å². The van der Waals surface area contributed by atoms with Crippen molar-refractivity contribution in [1.82, 2.24) is 9.55 Å². The molecular weight excluding hydrogens is 244 g/mol. The Kier molecular flexibility index (Phi) is 3.24. The van der Waals surface area contributed by atoms with Crippen LogP contribution in [0.2, 0.25) is 0 Å². The molecule has 100 valence electrons. The van der Waals surface area contributed by atoms with Crippen molar-refractivity contribution < 1.29 is 21.4 Å². The molecule has 8 heteroatoms. The Morgan fingerprint density at radius 2 is 2.22 bits per heavy atom. The standard InChI is InChI=1S/C10H14N2O6/c13-4-2-5-7(15)8(16)9(18-5)12-3-1-6(14)11-10(12)17/h1,3,5,7-9,13,15-16H,2,4H2,(H,11,14,17)/t5-,7+,8-,9-/m1/s1/i7D. The van der Waals surface area contributed by atoms with Crippen LogP contribution in [0, 0.1) is 0 Å². The van der Waals surface area contributed by atoms with Gasteiger partial charge in [0.2, 0.25) is 0 Å². The third-order valence-electron chi connectivity index (χ3n) is 2.72. The lowest BCUT2D eigenvalue weighted by atomic mass is 10.1. The number of H-pyrrole nitrogens is 1. The van der Waals surface area contributed by atoms with Crippen molar-refractivity contribution >= 4 is 0 Å². The lowest BCUT2D eigenvalue weighted by molar-refractivity contribution is -0.0451. The molecule has 0 aliphatic carbocycles. The molecule has 0 radical (unpaired) electrons. The van der Waals surface area contributed by atoms with Crippen LogP contribution < -0.4 is 11.2 Å².